The maximum absolute atomic E-state index is 12.7. The highest BCUT2D eigenvalue weighted by atomic mass is 35.5. The molecule has 1 N–H and O–H groups in total. The summed E-state index contributed by atoms with van der Waals surface area (Å²) < 4.78 is 7.55. The number of hydrogen-bond acceptors (Lipinski definition) is 6. The van der Waals surface area contributed by atoms with Gasteiger partial charge in [0.05, 0.1) is 12.2 Å². The van der Waals surface area contributed by atoms with E-state index in [1.807, 2.05) is 4.90 Å². The molecular formula is C18H27ClN6O2. The molecule has 1 unspecified atom stereocenters. The Bertz CT molecular complexity index is 781. The first kappa shape index (κ1) is 19.8. The van der Waals surface area contributed by atoms with E-state index in [0.717, 1.165) is 56.2 Å². The molecule has 148 valence electrons. The van der Waals surface area contributed by atoms with Gasteiger partial charge in [-0.15, -0.1) is 22.6 Å². The second-order valence-electron chi connectivity index (χ2n) is 7.29. The summed E-state index contributed by atoms with van der Waals surface area (Å²) in [5.74, 6) is 3.06. The molecule has 1 saturated heterocycles. The molecular weight excluding hydrogens is 368 g/mol. The van der Waals surface area contributed by atoms with Gasteiger partial charge in [-0.2, -0.15) is 0 Å². The molecule has 0 aliphatic carbocycles. The average molecular weight is 395 g/mol. The van der Waals surface area contributed by atoms with E-state index < -0.39 is 0 Å². The fourth-order valence-electron chi connectivity index (χ4n) is 3.74. The molecule has 1 fully saturated rings. The molecule has 1 amide bonds. The first-order valence-electron chi connectivity index (χ1n) is 9.56. The van der Waals surface area contributed by atoms with E-state index in [4.69, 9.17) is 4.52 Å². The predicted molar refractivity (Wildman–Crippen MR) is 102 cm³/mol. The number of fused-ring (bicyclic) bond motifs is 1. The van der Waals surface area contributed by atoms with Crippen LogP contribution in [0.3, 0.4) is 0 Å². The molecule has 0 bridgehead atoms. The number of carbonyl (C=O) groups excluding carboxylic acids is 1. The predicted octanol–water partition coefficient (Wildman–Crippen LogP) is 2.32. The fourth-order valence-corrected chi connectivity index (χ4v) is 3.74. The summed E-state index contributed by atoms with van der Waals surface area (Å²) in [5.41, 5.74) is 0.856. The van der Waals surface area contributed by atoms with Crippen molar-refractivity contribution in [2.45, 2.75) is 58.0 Å². The number of nitrogens with zero attached hydrogens (tertiary/aromatic N) is 5. The van der Waals surface area contributed by atoms with Crippen molar-refractivity contribution >= 4 is 18.3 Å². The average Bonchev–Trinajstić information content (AvgIpc) is 3.34. The lowest BCUT2D eigenvalue weighted by molar-refractivity contribution is 0.0668. The van der Waals surface area contributed by atoms with E-state index in [1.165, 1.54) is 0 Å². The van der Waals surface area contributed by atoms with Crippen molar-refractivity contribution in [1.29, 1.82) is 0 Å². The summed E-state index contributed by atoms with van der Waals surface area (Å²) in [7, 11) is 0. The Morgan fingerprint density at radius 2 is 2.11 bits per heavy atom. The number of hydrogen-bond donors (Lipinski definition) is 1. The number of rotatable bonds is 4. The summed E-state index contributed by atoms with van der Waals surface area (Å²) in [6, 6.07) is 1.80. The molecule has 0 aromatic carbocycles. The van der Waals surface area contributed by atoms with Gasteiger partial charge in [0.1, 0.15) is 11.6 Å². The Morgan fingerprint density at radius 3 is 2.85 bits per heavy atom. The number of halogens is 1. The summed E-state index contributed by atoms with van der Waals surface area (Å²) in [5, 5.41) is 16.1. The third kappa shape index (κ3) is 3.87. The maximum atomic E-state index is 12.7. The number of likely N-dealkylation sites (tertiary alicyclic amines) is 1. The lowest BCUT2D eigenvalue weighted by atomic mass is 9.95. The van der Waals surface area contributed by atoms with Gasteiger partial charge in [-0.3, -0.25) is 4.79 Å². The Balaban J connectivity index is 0.00000210. The second kappa shape index (κ2) is 8.39. The van der Waals surface area contributed by atoms with Crippen LogP contribution in [0.4, 0.5) is 0 Å². The zero-order valence-electron chi connectivity index (χ0n) is 15.8. The standard InChI is InChI=1S/C18H26N6O2.ClH/c1-3-12(2)14-10-15(26-22-14)18(25)23-7-4-13(5-8-23)17-21-20-16-11-19-6-9-24(16)17;/h10,12-13,19H,3-9,11H2,1-2H3;1H. The number of nitrogens with one attached hydrogen (secondary N) is 1. The maximum Gasteiger partial charge on any atom is 0.292 e. The van der Waals surface area contributed by atoms with Gasteiger partial charge in [-0.05, 0) is 19.3 Å². The first-order chi connectivity index (χ1) is 12.7. The van der Waals surface area contributed by atoms with Gasteiger partial charge >= 0.3 is 0 Å². The SMILES string of the molecule is CCC(C)c1cc(C(=O)N2CCC(c3nnc4n3CCNC4)CC2)on1.Cl. The van der Waals surface area contributed by atoms with Gasteiger partial charge in [-0.1, -0.05) is 19.0 Å². The van der Waals surface area contributed by atoms with Gasteiger partial charge in [0.15, 0.2) is 0 Å². The van der Waals surface area contributed by atoms with Crippen LogP contribution in [0.5, 0.6) is 0 Å². The van der Waals surface area contributed by atoms with Crippen molar-refractivity contribution in [2.75, 3.05) is 19.6 Å². The van der Waals surface area contributed by atoms with E-state index >= 15 is 0 Å². The molecule has 8 nitrogen and oxygen atoms in total. The van der Waals surface area contributed by atoms with E-state index in [0.29, 0.717) is 30.7 Å². The van der Waals surface area contributed by atoms with Crippen LogP contribution in [0.1, 0.15) is 72.8 Å². The summed E-state index contributed by atoms with van der Waals surface area (Å²) in [4.78, 5) is 14.6. The highest BCUT2D eigenvalue weighted by molar-refractivity contribution is 5.91. The molecule has 9 heteroatoms. The minimum absolute atomic E-state index is 0. The van der Waals surface area contributed by atoms with Crippen LogP contribution in [0.15, 0.2) is 10.6 Å². The smallest absolute Gasteiger partial charge is 0.292 e. The van der Waals surface area contributed by atoms with Gasteiger partial charge in [0.2, 0.25) is 5.76 Å². The quantitative estimate of drug-likeness (QED) is 0.856. The number of amides is 1. The molecule has 2 aliphatic rings. The van der Waals surface area contributed by atoms with Crippen LogP contribution < -0.4 is 5.32 Å². The summed E-state index contributed by atoms with van der Waals surface area (Å²) in [6.45, 7) is 8.28. The molecule has 4 heterocycles. The molecule has 0 saturated carbocycles. The van der Waals surface area contributed by atoms with Crippen LogP contribution in [-0.2, 0) is 13.1 Å². The fraction of sp³-hybridized carbons (Fsp3) is 0.667. The molecule has 4 rings (SSSR count). The third-order valence-corrected chi connectivity index (χ3v) is 5.66. The van der Waals surface area contributed by atoms with Crippen molar-refractivity contribution in [3.8, 4) is 0 Å². The molecule has 27 heavy (non-hydrogen) atoms. The third-order valence-electron chi connectivity index (χ3n) is 5.66. The summed E-state index contributed by atoms with van der Waals surface area (Å²) in [6.07, 6.45) is 2.79. The van der Waals surface area contributed by atoms with Gasteiger partial charge < -0.3 is 19.3 Å². The molecule has 1 atom stereocenters. The van der Waals surface area contributed by atoms with E-state index in [9.17, 15) is 4.79 Å². The van der Waals surface area contributed by atoms with E-state index in [2.05, 4.69) is 39.1 Å². The highest BCUT2D eigenvalue weighted by Crippen LogP contribution is 2.29. The largest absolute Gasteiger partial charge is 0.351 e. The van der Waals surface area contributed by atoms with Gasteiger partial charge in [0.25, 0.3) is 5.91 Å². The van der Waals surface area contributed by atoms with Crippen LogP contribution in [-0.4, -0.2) is 50.4 Å². The lowest BCUT2D eigenvalue weighted by Gasteiger charge is -2.31. The molecule has 0 radical (unpaired) electrons. The topological polar surface area (TPSA) is 89.1 Å². The second-order valence-corrected chi connectivity index (χ2v) is 7.29. The number of carbonyl (C=O) groups is 1. The van der Waals surface area contributed by atoms with Gasteiger partial charge in [0, 0.05) is 44.1 Å². The Kier molecular flexibility index (Phi) is 6.16. The van der Waals surface area contributed by atoms with Gasteiger partial charge in [-0.25, -0.2) is 0 Å². The van der Waals surface area contributed by atoms with E-state index in [-0.39, 0.29) is 18.3 Å². The van der Waals surface area contributed by atoms with E-state index in [1.54, 1.807) is 6.07 Å². The first-order valence-corrected chi connectivity index (χ1v) is 9.56. The normalized spacial score (nSPS) is 18.7. The van der Waals surface area contributed by atoms with Crippen LogP contribution in [0, 0.1) is 0 Å². The Labute approximate surface area is 165 Å². The minimum Gasteiger partial charge on any atom is -0.351 e. The molecule has 2 aromatic heterocycles. The van der Waals surface area contributed by atoms with Crippen molar-refractivity contribution < 1.29 is 9.32 Å². The molecule has 0 spiro atoms. The molecule has 2 aliphatic heterocycles. The zero-order chi connectivity index (χ0) is 18.1. The highest BCUT2D eigenvalue weighted by Gasteiger charge is 2.30. The Morgan fingerprint density at radius 1 is 1.33 bits per heavy atom. The van der Waals surface area contributed by atoms with Crippen LogP contribution >= 0.6 is 12.4 Å². The molecule has 2 aromatic rings. The van der Waals surface area contributed by atoms with Crippen molar-refractivity contribution in [3.05, 3.63) is 29.2 Å². The van der Waals surface area contributed by atoms with Crippen LogP contribution in [0.2, 0.25) is 0 Å². The monoisotopic (exact) mass is 394 g/mol. The zero-order valence-corrected chi connectivity index (χ0v) is 16.7. The van der Waals surface area contributed by atoms with Crippen molar-refractivity contribution in [1.82, 2.24) is 30.1 Å². The van der Waals surface area contributed by atoms with Crippen molar-refractivity contribution in [2.24, 2.45) is 0 Å². The minimum atomic E-state index is -0.0574. The Hall–Kier alpha value is -1.93. The summed E-state index contributed by atoms with van der Waals surface area (Å²) >= 11 is 0. The van der Waals surface area contributed by atoms with Crippen LogP contribution in [0.25, 0.3) is 0 Å². The lowest BCUT2D eigenvalue weighted by Crippen LogP contribution is -2.38. The number of piperidine rings is 1. The number of aromatic nitrogens is 4. The van der Waals surface area contributed by atoms with Crippen molar-refractivity contribution in [3.63, 3.8) is 0 Å².